The van der Waals surface area contributed by atoms with Crippen LogP contribution >= 0.6 is 0 Å². The van der Waals surface area contributed by atoms with Crippen LogP contribution in [0.1, 0.15) is 71.3 Å². The average molecular weight is 404 g/mol. The molecule has 0 aromatic carbocycles. The number of amides is 1. The van der Waals surface area contributed by atoms with E-state index >= 15 is 0 Å². The molecule has 1 fully saturated rings. The fourth-order valence-electron chi connectivity index (χ4n) is 3.97. The van der Waals surface area contributed by atoms with Crippen molar-refractivity contribution < 1.29 is 14.3 Å². The molecule has 6 heteroatoms. The Kier molecular flexibility index (Phi) is 7.38. The number of ether oxygens (including phenoxy) is 2. The first kappa shape index (κ1) is 21.9. The number of hydrogen-bond acceptors (Lipinski definition) is 5. The smallest absolute Gasteiger partial charge is 0.410 e. The number of pyridine rings is 1. The van der Waals surface area contributed by atoms with Crippen molar-refractivity contribution in [3.8, 4) is 0 Å². The van der Waals surface area contributed by atoms with Gasteiger partial charge >= 0.3 is 6.09 Å². The maximum atomic E-state index is 12.1. The molecule has 1 amide bonds. The second-order valence-corrected chi connectivity index (χ2v) is 9.45. The van der Waals surface area contributed by atoms with E-state index < -0.39 is 5.60 Å². The molecule has 2 heterocycles. The van der Waals surface area contributed by atoms with Crippen LogP contribution in [-0.4, -0.2) is 53.4 Å². The summed E-state index contributed by atoms with van der Waals surface area (Å²) < 4.78 is 11.4. The van der Waals surface area contributed by atoms with Crippen molar-refractivity contribution >= 4 is 11.9 Å². The average Bonchev–Trinajstić information content (AvgIpc) is 2.63. The number of carbonyl (C=O) groups is 1. The van der Waals surface area contributed by atoms with E-state index in [1.54, 1.807) is 4.90 Å². The second-order valence-electron chi connectivity index (χ2n) is 9.45. The molecule has 6 nitrogen and oxygen atoms in total. The van der Waals surface area contributed by atoms with Gasteiger partial charge in [-0.2, -0.15) is 0 Å². The molecule has 1 aliphatic carbocycles. The quantitative estimate of drug-likeness (QED) is 0.633. The minimum absolute atomic E-state index is 0.240. The van der Waals surface area contributed by atoms with Gasteiger partial charge in [-0.1, -0.05) is 18.9 Å². The van der Waals surface area contributed by atoms with Gasteiger partial charge in [0.2, 0.25) is 0 Å². The summed E-state index contributed by atoms with van der Waals surface area (Å²) in [5, 5.41) is 3.58. The summed E-state index contributed by atoms with van der Waals surface area (Å²) in [5.74, 6) is 1.07. The highest BCUT2D eigenvalue weighted by molar-refractivity contribution is 5.68. The second kappa shape index (κ2) is 9.79. The monoisotopic (exact) mass is 403 g/mol. The number of fused-ring (bicyclic) bond motifs is 1. The first-order valence-electron chi connectivity index (χ1n) is 11.1. The maximum Gasteiger partial charge on any atom is 0.410 e. The molecule has 0 radical (unpaired) electrons. The maximum absolute atomic E-state index is 12.1. The van der Waals surface area contributed by atoms with E-state index in [1.807, 2.05) is 40.1 Å². The van der Waals surface area contributed by atoms with Crippen molar-refractivity contribution in [3.63, 3.8) is 0 Å². The predicted molar refractivity (Wildman–Crippen MR) is 115 cm³/mol. The van der Waals surface area contributed by atoms with Crippen LogP contribution in [0.4, 0.5) is 10.6 Å². The molecule has 162 valence electrons. The lowest BCUT2D eigenvalue weighted by molar-refractivity contribution is -0.0518. The summed E-state index contributed by atoms with van der Waals surface area (Å²) in [7, 11) is 1.82. The van der Waals surface area contributed by atoms with Gasteiger partial charge in [-0.3, -0.25) is 0 Å². The number of nitrogens with one attached hydrogen (secondary N) is 1. The number of anilines is 1. The van der Waals surface area contributed by atoms with Gasteiger partial charge in [0.15, 0.2) is 0 Å². The van der Waals surface area contributed by atoms with Gasteiger partial charge in [0.05, 0.1) is 6.10 Å². The molecule has 3 rings (SSSR count). The summed E-state index contributed by atoms with van der Waals surface area (Å²) in [4.78, 5) is 18.2. The van der Waals surface area contributed by atoms with Crippen molar-refractivity contribution in [2.24, 2.45) is 0 Å². The van der Waals surface area contributed by atoms with E-state index in [4.69, 9.17) is 9.47 Å². The normalized spacial score (nSPS) is 23.5. The Morgan fingerprint density at radius 3 is 2.83 bits per heavy atom. The Morgan fingerprint density at radius 2 is 2.07 bits per heavy atom. The van der Waals surface area contributed by atoms with Crippen molar-refractivity contribution in [1.82, 2.24) is 9.88 Å². The van der Waals surface area contributed by atoms with Crippen LogP contribution in [0.15, 0.2) is 18.3 Å². The third-order valence-corrected chi connectivity index (χ3v) is 5.84. The lowest BCUT2D eigenvalue weighted by Gasteiger charge is -2.41. The highest BCUT2D eigenvalue weighted by Crippen LogP contribution is 2.29. The number of carbonyl (C=O) groups excluding carboxylic acids is 1. The van der Waals surface area contributed by atoms with E-state index in [-0.39, 0.29) is 18.2 Å². The molecule has 1 saturated carbocycles. The standard InChI is InChI=1S/C23H37N3O3/c1-23(2,3)29-22(27)26(4)19-15-20(16-19)28-14-7-5-6-10-18-12-11-17-9-8-13-24-21(17)25-18/h8-9,13,18-20H,5-7,10-12,14-16H2,1-4H3,(H,24,25). The molecule has 0 saturated heterocycles. The van der Waals surface area contributed by atoms with E-state index in [2.05, 4.69) is 16.4 Å². The van der Waals surface area contributed by atoms with Crippen LogP contribution in [0.3, 0.4) is 0 Å². The van der Waals surface area contributed by atoms with Crippen molar-refractivity contribution in [1.29, 1.82) is 0 Å². The Labute approximate surface area is 175 Å². The van der Waals surface area contributed by atoms with Crippen LogP contribution in [0.5, 0.6) is 0 Å². The van der Waals surface area contributed by atoms with E-state index in [1.165, 1.54) is 31.2 Å². The molecule has 1 aliphatic heterocycles. The van der Waals surface area contributed by atoms with Crippen LogP contribution in [0, 0.1) is 0 Å². The number of nitrogens with zero attached hydrogens (tertiary/aromatic N) is 2. The number of unbranched alkanes of at least 4 members (excludes halogenated alkanes) is 2. The minimum atomic E-state index is -0.446. The lowest BCUT2D eigenvalue weighted by atomic mass is 9.88. The van der Waals surface area contributed by atoms with Crippen LogP contribution < -0.4 is 5.32 Å². The SMILES string of the molecule is CN(C(=O)OC(C)(C)C)C1CC(OCCCCCC2CCc3cccnc3N2)C1. The van der Waals surface area contributed by atoms with E-state index in [9.17, 15) is 4.79 Å². The molecule has 29 heavy (non-hydrogen) atoms. The topological polar surface area (TPSA) is 63.7 Å². The molecule has 1 aromatic rings. The van der Waals surface area contributed by atoms with Crippen LogP contribution in [0.2, 0.25) is 0 Å². The summed E-state index contributed by atoms with van der Waals surface area (Å²) in [6, 6.07) is 4.97. The molecular weight excluding hydrogens is 366 g/mol. The molecular formula is C23H37N3O3. The van der Waals surface area contributed by atoms with Gasteiger partial charge in [-0.05, 0) is 70.9 Å². The molecule has 1 aromatic heterocycles. The first-order valence-corrected chi connectivity index (χ1v) is 11.1. The largest absolute Gasteiger partial charge is 0.444 e. The van der Waals surface area contributed by atoms with Gasteiger partial charge in [0, 0.05) is 31.9 Å². The molecule has 2 aliphatic rings. The van der Waals surface area contributed by atoms with Gasteiger partial charge < -0.3 is 19.7 Å². The fraction of sp³-hybridized carbons (Fsp3) is 0.739. The summed E-state index contributed by atoms with van der Waals surface area (Å²) in [6.45, 7) is 6.50. The van der Waals surface area contributed by atoms with E-state index in [0.717, 1.165) is 38.1 Å². The van der Waals surface area contributed by atoms with Gasteiger partial charge in [0.25, 0.3) is 0 Å². The summed E-state index contributed by atoms with van der Waals surface area (Å²) in [6.07, 6.45) is 10.8. The Morgan fingerprint density at radius 1 is 1.28 bits per heavy atom. The van der Waals surface area contributed by atoms with Gasteiger partial charge in [0.1, 0.15) is 11.4 Å². The third-order valence-electron chi connectivity index (χ3n) is 5.84. The van der Waals surface area contributed by atoms with Crippen molar-refractivity contribution in [2.45, 2.75) is 95.9 Å². The number of aromatic nitrogens is 1. The fourth-order valence-corrected chi connectivity index (χ4v) is 3.97. The molecule has 1 unspecified atom stereocenters. The minimum Gasteiger partial charge on any atom is -0.444 e. The number of hydrogen-bond donors (Lipinski definition) is 1. The summed E-state index contributed by atoms with van der Waals surface area (Å²) >= 11 is 0. The highest BCUT2D eigenvalue weighted by Gasteiger charge is 2.36. The zero-order valence-corrected chi connectivity index (χ0v) is 18.4. The Bertz CT molecular complexity index is 668. The van der Waals surface area contributed by atoms with E-state index in [0.29, 0.717) is 6.04 Å². The highest BCUT2D eigenvalue weighted by atomic mass is 16.6. The molecule has 0 spiro atoms. The Balaban J connectivity index is 1.21. The zero-order chi connectivity index (χ0) is 20.9. The zero-order valence-electron chi connectivity index (χ0n) is 18.4. The molecule has 1 atom stereocenters. The molecule has 0 bridgehead atoms. The first-order chi connectivity index (χ1) is 13.8. The molecule has 1 N–H and O–H groups in total. The third kappa shape index (κ3) is 6.59. The van der Waals surface area contributed by atoms with Gasteiger partial charge in [-0.15, -0.1) is 0 Å². The summed E-state index contributed by atoms with van der Waals surface area (Å²) in [5.41, 5.74) is 0.895. The van der Waals surface area contributed by atoms with Crippen LogP contribution in [-0.2, 0) is 15.9 Å². The number of rotatable bonds is 8. The lowest BCUT2D eigenvalue weighted by Crippen LogP contribution is -2.50. The predicted octanol–water partition coefficient (Wildman–Crippen LogP) is 4.78. The van der Waals surface area contributed by atoms with Crippen LogP contribution in [0.25, 0.3) is 0 Å². The Hall–Kier alpha value is -1.82. The number of aryl methyl sites for hydroxylation is 1. The van der Waals surface area contributed by atoms with Crippen molar-refractivity contribution in [3.05, 3.63) is 23.9 Å². The van der Waals surface area contributed by atoms with Crippen molar-refractivity contribution in [2.75, 3.05) is 19.0 Å². The van der Waals surface area contributed by atoms with Gasteiger partial charge in [-0.25, -0.2) is 9.78 Å².